The number of carbonyl (C=O) groups excluding carboxylic acids is 2. The standard InChI is InChI=1S/C23H24N4O3S/c1-14(2)12-18-22(29)27-21(25-18)15-8-4-5-9-16(15)26-23(27)31-13-20(28)24-17-10-6-7-11-19(17)30-3/h4-11,14,18H,12-13H2,1-3H3,(H,24,28). The average Bonchev–Trinajstić information content (AvgIpc) is 3.08. The summed E-state index contributed by atoms with van der Waals surface area (Å²) in [7, 11) is 1.56. The molecule has 0 radical (unpaired) electrons. The molecule has 31 heavy (non-hydrogen) atoms. The van der Waals surface area contributed by atoms with Gasteiger partial charge < -0.3 is 10.1 Å². The summed E-state index contributed by atoms with van der Waals surface area (Å²) in [5.74, 6) is 1.36. The Labute approximate surface area is 185 Å². The highest BCUT2D eigenvalue weighted by Gasteiger charge is 2.41. The van der Waals surface area contributed by atoms with Crippen LogP contribution in [0.2, 0.25) is 0 Å². The van der Waals surface area contributed by atoms with Gasteiger partial charge in [-0.3, -0.25) is 14.6 Å². The second kappa shape index (κ2) is 8.93. The number of nitrogens with one attached hydrogen (secondary N) is 1. The number of thioether (sulfide) groups is 1. The summed E-state index contributed by atoms with van der Waals surface area (Å²) in [6, 6.07) is 14.4. The number of nitrogens with zero attached hydrogens (tertiary/aromatic N) is 3. The van der Waals surface area contributed by atoms with Gasteiger partial charge in [-0.1, -0.05) is 49.9 Å². The van der Waals surface area contributed by atoms with Crippen molar-refractivity contribution in [2.75, 3.05) is 18.2 Å². The highest BCUT2D eigenvalue weighted by atomic mass is 32.2. The van der Waals surface area contributed by atoms with Crippen LogP contribution in [-0.4, -0.2) is 46.6 Å². The van der Waals surface area contributed by atoms with E-state index in [1.165, 1.54) is 11.8 Å². The van der Waals surface area contributed by atoms with Crippen LogP contribution in [0.1, 0.15) is 25.8 Å². The molecule has 2 aliphatic rings. The van der Waals surface area contributed by atoms with E-state index in [1.807, 2.05) is 36.4 Å². The third-order valence-electron chi connectivity index (χ3n) is 4.96. The van der Waals surface area contributed by atoms with Crippen LogP contribution in [0.25, 0.3) is 0 Å². The fourth-order valence-corrected chi connectivity index (χ4v) is 4.36. The van der Waals surface area contributed by atoms with Gasteiger partial charge in [0, 0.05) is 5.56 Å². The number of fused-ring (bicyclic) bond motifs is 3. The zero-order chi connectivity index (χ0) is 22.0. The van der Waals surface area contributed by atoms with Gasteiger partial charge >= 0.3 is 0 Å². The molecule has 4 rings (SSSR count). The summed E-state index contributed by atoms with van der Waals surface area (Å²) >= 11 is 1.22. The molecule has 2 aliphatic heterocycles. The van der Waals surface area contributed by atoms with Crippen LogP contribution in [0, 0.1) is 5.92 Å². The molecular weight excluding hydrogens is 412 g/mol. The summed E-state index contributed by atoms with van der Waals surface area (Å²) in [6.45, 7) is 4.15. The largest absolute Gasteiger partial charge is 0.495 e. The second-order valence-corrected chi connectivity index (χ2v) is 8.66. The molecule has 0 aromatic heterocycles. The molecule has 0 spiro atoms. The van der Waals surface area contributed by atoms with Crippen molar-refractivity contribution in [2.45, 2.75) is 26.3 Å². The minimum atomic E-state index is -0.422. The first kappa shape index (κ1) is 21.1. The van der Waals surface area contributed by atoms with Gasteiger partial charge in [-0.05, 0) is 36.6 Å². The minimum Gasteiger partial charge on any atom is -0.495 e. The normalized spacial score (nSPS) is 17.1. The molecule has 2 aromatic rings. The van der Waals surface area contributed by atoms with E-state index in [9.17, 15) is 9.59 Å². The molecule has 7 nitrogen and oxygen atoms in total. The number of ether oxygens (including phenoxy) is 1. The van der Waals surface area contributed by atoms with Crippen molar-refractivity contribution in [1.29, 1.82) is 0 Å². The van der Waals surface area contributed by atoms with Crippen molar-refractivity contribution in [3.05, 3.63) is 54.1 Å². The molecular formula is C23H24N4O3S. The number of hydrogen-bond acceptors (Lipinski definition) is 6. The summed E-state index contributed by atoms with van der Waals surface area (Å²) in [4.78, 5) is 36.6. The maximum absolute atomic E-state index is 13.1. The molecule has 0 saturated heterocycles. The smallest absolute Gasteiger partial charge is 0.259 e. The summed E-state index contributed by atoms with van der Waals surface area (Å²) in [5.41, 5.74) is 2.19. The number of amidine groups is 2. The quantitative estimate of drug-likeness (QED) is 0.740. The molecule has 8 heteroatoms. The third-order valence-corrected chi connectivity index (χ3v) is 5.89. The summed E-state index contributed by atoms with van der Waals surface area (Å²) < 4.78 is 5.28. The van der Waals surface area contributed by atoms with Crippen LogP contribution < -0.4 is 10.1 Å². The lowest BCUT2D eigenvalue weighted by Gasteiger charge is -2.25. The Kier molecular flexibility index (Phi) is 6.08. The van der Waals surface area contributed by atoms with E-state index in [0.29, 0.717) is 34.8 Å². The Balaban J connectivity index is 1.54. The predicted octanol–water partition coefficient (Wildman–Crippen LogP) is 4.07. The first-order valence-electron chi connectivity index (χ1n) is 10.1. The van der Waals surface area contributed by atoms with E-state index >= 15 is 0 Å². The number of anilines is 1. The van der Waals surface area contributed by atoms with Crippen molar-refractivity contribution in [1.82, 2.24) is 4.90 Å². The Morgan fingerprint density at radius 1 is 1.19 bits per heavy atom. The number of methoxy groups -OCH3 is 1. The lowest BCUT2D eigenvalue weighted by atomic mass is 10.0. The van der Waals surface area contributed by atoms with Gasteiger partial charge in [0.15, 0.2) is 5.17 Å². The number of para-hydroxylation sites is 3. The fraction of sp³-hybridized carbons (Fsp3) is 0.304. The highest BCUT2D eigenvalue weighted by Crippen LogP contribution is 2.34. The first-order chi connectivity index (χ1) is 15.0. The maximum Gasteiger partial charge on any atom is 0.259 e. The zero-order valence-corrected chi connectivity index (χ0v) is 18.5. The number of benzene rings is 2. The van der Waals surface area contributed by atoms with Gasteiger partial charge in [-0.25, -0.2) is 9.89 Å². The molecule has 1 unspecified atom stereocenters. The second-order valence-electron chi connectivity index (χ2n) is 7.72. The molecule has 0 bridgehead atoms. The zero-order valence-electron chi connectivity index (χ0n) is 17.7. The molecule has 2 amide bonds. The Bertz CT molecular complexity index is 1080. The van der Waals surface area contributed by atoms with Crippen LogP contribution in [0.3, 0.4) is 0 Å². The van der Waals surface area contributed by atoms with Crippen LogP contribution in [0.4, 0.5) is 11.4 Å². The Morgan fingerprint density at radius 2 is 1.94 bits per heavy atom. The van der Waals surface area contributed by atoms with Crippen molar-refractivity contribution < 1.29 is 14.3 Å². The van der Waals surface area contributed by atoms with Crippen LogP contribution in [-0.2, 0) is 9.59 Å². The van der Waals surface area contributed by atoms with Crippen molar-refractivity contribution in [2.24, 2.45) is 15.9 Å². The van der Waals surface area contributed by atoms with Gasteiger partial charge in [0.05, 0.1) is 24.2 Å². The number of carbonyl (C=O) groups is 2. The molecule has 0 saturated carbocycles. The third kappa shape index (κ3) is 4.34. The van der Waals surface area contributed by atoms with Gasteiger partial charge in [0.2, 0.25) is 5.91 Å². The summed E-state index contributed by atoms with van der Waals surface area (Å²) in [6.07, 6.45) is 0.674. The lowest BCUT2D eigenvalue weighted by Crippen LogP contribution is -2.41. The van der Waals surface area contributed by atoms with E-state index in [0.717, 1.165) is 11.3 Å². The van der Waals surface area contributed by atoms with Crippen LogP contribution in [0.5, 0.6) is 5.75 Å². The Morgan fingerprint density at radius 3 is 2.71 bits per heavy atom. The van der Waals surface area contributed by atoms with E-state index in [2.05, 4.69) is 24.2 Å². The Hall–Kier alpha value is -3.13. The first-order valence-corrected chi connectivity index (χ1v) is 11.1. The van der Waals surface area contributed by atoms with Gasteiger partial charge in [0.25, 0.3) is 5.91 Å². The van der Waals surface area contributed by atoms with Crippen molar-refractivity contribution in [3.63, 3.8) is 0 Å². The highest BCUT2D eigenvalue weighted by molar-refractivity contribution is 8.14. The number of aliphatic imine (C=N–C) groups is 2. The van der Waals surface area contributed by atoms with Gasteiger partial charge in [0.1, 0.15) is 17.6 Å². The lowest BCUT2D eigenvalue weighted by molar-refractivity contribution is -0.125. The van der Waals surface area contributed by atoms with E-state index in [1.54, 1.807) is 24.1 Å². The molecule has 2 aromatic carbocycles. The van der Waals surface area contributed by atoms with Crippen LogP contribution >= 0.6 is 11.8 Å². The molecule has 1 N–H and O–H groups in total. The predicted molar refractivity (Wildman–Crippen MR) is 124 cm³/mol. The van der Waals surface area contributed by atoms with E-state index in [-0.39, 0.29) is 17.6 Å². The molecule has 0 fully saturated rings. The number of hydrogen-bond donors (Lipinski definition) is 1. The van der Waals surface area contributed by atoms with Crippen molar-refractivity contribution >= 4 is 46.0 Å². The monoisotopic (exact) mass is 436 g/mol. The minimum absolute atomic E-state index is 0.0883. The average molecular weight is 437 g/mol. The van der Waals surface area contributed by atoms with Crippen LogP contribution in [0.15, 0.2) is 58.5 Å². The molecule has 2 heterocycles. The van der Waals surface area contributed by atoms with E-state index < -0.39 is 6.04 Å². The molecule has 1 atom stereocenters. The number of rotatable bonds is 6. The number of amides is 2. The fourth-order valence-electron chi connectivity index (χ4n) is 3.56. The van der Waals surface area contributed by atoms with Gasteiger partial charge in [-0.15, -0.1) is 0 Å². The SMILES string of the molecule is COc1ccccc1NC(=O)CSC1=Nc2ccccc2C2=NC(CC(C)C)C(=O)N12. The van der Waals surface area contributed by atoms with Crippen molar-refractivity contribution in [3.8, 4) is 5.75 Å². The topological polar surface area (TPSA) is 83.4 Å². The molecule has 0 aliphatic carbocycles. The molecule has 160 valence electrons. The van der Waals surface area contributed by atoms with E-state index in [4.69, 9.17) is 9.73 Å². The summed E-state index contributed by atoms with van der Waals surface area (Å²) in [5, 5.41) is 3.33. The van der Waals surface area contributed by atoms with Gasteiger partial charge in [-0.2, -0.15) is 0 Å². The maximum atomic E-state index is 13.1.